The van der Waals surface area contributed by atoms with Crippen LogP contribution in [0.4, 0.5) is 5.13 Å². The number of aromatic nitrogens is 1. The molecule has 0 radical (unpaired) electrons. The van der Waals surface area contributed by atoms with Crippen molar-refractivity contribution in [3.63, 3.8) is 0 Å². The lowest BCUT2D eigenvalue weighted by atomic mass is 10.1. The van der Waals surface area contributed by atoms with Crippen molar-refractivity contribution in [3.05, 3.63) is 59.1 Å². The fourth-order valence-electron chi connectivity index (χ4n) is 4.58. The monoisotopic (exact) mass is 468 g/mol. The second-order valence-corrected chi connectivity index (χ2v) is 9.90. The van der Waals surface area contributed by atoms with Crippen LogP contribution in [0.25, 0.3) is 10.2 Å². The Hall–Kier alpha value is -2.64. The number of carbonyl (C=O) groups excluding carboxylic acids is 2. The van der Waals surface area contributed by atoms with E-state index in [2.05, 4.69) is 4.90 Å². The van der Waals surface area contributed by atoms with Gasteiger partial charge in [0.05, 0.1) is 22.2 Å². The largest absolute Gasteiger partial charge is 0.345 e. The Morgan fingerprint density at radius 1 is 1.12 bits per heavy atom. The number of hydrogen-bond donors (Lipinski definition) is 0. The van der Waals surface area contributed by atoms with Gasteiger partial charge < -0.3 is 14.7 Å². The minimum Gasteiger partial charge on any atom is -0.345 e. The molecule has 2 unspecified atom stereocenters. The summed E-state index contributed by atoms with van der Waals surface area (Å²) in [5, 5.41) is 1.68. The summed E-state index contributed by atoms with van der Waals surface area (Å²) in [6.45, 7) is 5.30. The van der Waals surface area contributed by atoms with Crippen molar-refractivity contribution in [2.75, 3.05) is 37.6 Å². The highest BCUT2D eigenvalue weighted by Crippen LogP contribution is 2.32. The summed E-state index contributed by atoms with van der Waals surface area (Å²) in [6, 6.07) is 15.7. The molecule has 0 N–H and O–H groups in total. The molecule has 2 fully saturated rings. The molecule has 0 saturated carbocycles. The van der Waals surface area contributed by atoms with Gasteiger partial charge in [-0.2, -0.15) is 0 Å². The van der Waals surface area contributed by atoms with Gasteiger partial charge in [-0.3, -0.25) is 9.59 Å². The van der Waals surface area contributed by atoms with E-state index in [9.17, 15) is 9.59 Å². The maximum absolute atomic E-state index is 13.2. The van der Waals surface area contributed by atoms with Crippen LogP contribution in [0.5, 0.6) is 0 Å². The highest BCUT2D eigenvalue weighted by atomic mass is 35.5. The van der Waals surface area contributed by atoms with Crippen molar-refractivity contribution in [3.8, 4) is 0 Å². The van der Waals surface area contributed by atoms with Crippen molar-refractivity contribution in [1.29, 1.82) is 0 Å². The van der Waals surface area contributed by atoms with Crippen LogP contribution in [-0.4, -0.2) is 59.3 Å². The van der Waals surface area contributed by atoms with Crippen molar-refractivity contribution in [2.24, 2.45) is 5.92 Å². The first-order valence-corrected chi connectivity index (χ1v) is 12.1. The van der Waals surface area contributed by atoms with Crippen molar-refractivity contribution in [1.82, 2.24) is 14.8 Å². The number of anilines is 1. The summed E-state index contributed by atoms with van der Waals surface area (Å²) >= 11 is 7.73. The molecule has 3 aromatic rings. The van der Waals surface area contributed by atoms with E-state index in [4.69, 9.17) is 16.6 Å². The predicted octanol–water partition coefficient (Wildman–Crippen LogP) is 4.21. The maximum atomic E-state index is 13.2. The lowest BCUT2D eigenvalue weighted by Gasteiger charge is -2.35. The Labute approximate surface area is 196 Å². The number of fused-ring (bicyclic) bond motifs is 1. The van der Waals surface area contributed by atoms with Gasteiger partial charge in [-0.25, -0.2) is 4.98 Å². The number of halogens is 1. The molecule has 6 nitrogen and oxygen atoms in total. The number of hydrogen-bond acceptors (Lipinski definition) is 5. The van der Waals surface area contributed by atoms with Gasteiger partial charge in [0, 0.05) is 44.2 Å². The van der Waals surface area contributed by atoms with Crippen molar-refractivity contribution >= 4 is 50.1 Å². The number of nitrogens with zero attached hydrogens (tertiary/aromatic N) is 4. The van der Waals surface area contributed by atoms with Gasteiger partial charge in [0.1, 0.15) is 0 Å². The first-order chi connectivity index (χ1) is 15.5. The van der Waals surface area contributed by atoms with E-state index in [1.54, 1.807) is 11.3 Å². The summed E-state index contributed by atoms with van der Waals surface area (Å²) in [4.78, 5) is 36.5. The van der Waals surface area contributed by atoms with E-state index >= 15 is 0 Å². The van der Waals surface area contributed by atoms with Crippen molar-refractivity contribution in [2.45, 2.75) is 19.4 Å². The Kier molecular flexibility index (Phi) is 5.78. The van der Waals surface area contributed by atoms with Gasteiger partial charge in [0.25, 0.3) is 0 Å². The molecule has 2 amide bonds. The first kappa shape index (κ1) is 21.2. The quantitative estimate of drug-likeness (QED) is 0.575. The molecule has 0 spiro atoms. The zero-order valence-corrected chi connectivity index (χ0v) is 19.5. The second kappa shape index (κ2) is 8.71. The van der Waals surface area contributed by atoms with Gasteiger partial charge in [0.15, 0.2) is 5.13 Å². The van der Waals surface area contributed by atoms with Crippen LogP contribution in [0.2, 0.25) is 5.02 Å². The number of benzene rings is 2. The first-order valence-electron chi connectivity index (χ1n) is 10.9. The second-order valence-electron chi connectivity index (χ2n) is 8.45. The number of amides is 2. The Morgan fingerprint density at radius 3 is 2.62 bits per heavy atom. The third kappa shape index (κ3) is 4.07. The minimum absolute atomic E-state index is 0.0223. The Balaban J connectivity index is 1.20. The van der Waals surface area contributed by atoms with E-state index in [-0.39, 0.29) is 23.8 Å². The highest BCUT2D eigenvalue weighted by molar-refractivity contribution is 7.22. The lowest BCUT2D eigenvalue weighted by Crippen LogP contribution is -2.50. The number of likely N-dealkylation sites (tertiary alicyclic amines) is 1. The minimum atomic E-state index is -0.259. The summed E-state index contributed by atoms with van der Waals surface area (Å²) in [6.07, 6.45) is 0.300. The van der Waals surface area contributed by atoms with Crippen LogP contribution < -0.4 is 4.90 Å². The standard InChI is InChI=1S/C24H25ClN4O2S/c1-16(17-5-3-2-4-6-17)29-15-18(13-22(29)30)23(31)27-9-11-28(12-10-27)24-26-20-8-7-19(25)14-21(20)32-24/h2-8,14,16,18H,9-13,15H2,1H3. The van der Waals surface area contributed by atoms with Crippen LogP contribution in [0, 0.1) is 5.92 Å². The van der Waals surface area contributed by atoms with Gasteiger partial charge in [0.2, 0.25) is 11.8 Å². The van der Waals surface area contributed by atoms with Gasteiger partial charge in [-0.1, -0.05) is 53.3 Å². The topological polar surface area (TPSA) is 56.8 Å². The van der Waals surface area contributed by atoms with E-state index < -0.39 is 0 Å². The Morgan fingerprint density at radius 2 is 1.88 bits per heavy atom. The van der Waals surface area contributed by atoms with Crippen LogP contribution in [0.1, 0.15) is 24.9 Å². The fourth-order valence-corrected chi connectivity index (χ4v) is 5.87. The summed E-state index contributed by atoms with van der Waals surface area (Å²) < 4.78 is 1.07. The fraction of sp³-hybridized carbons (Fsp3) is 0.375. The van der Waals surface area contributed by atoms with Crippen LogP contribution in [-0.2, 0) is 9.59 Å². The molecule has 32 heavy (non-hydrogen) atoms. The third-order valence-electron chi connectivity index (χ3n) is 6.46. The molecule has 2 aliphatic rings. The van der Waals surface area contributed by atoms with Gasteiger partial charge in [-0.05, 0) is 30.7 Å². The third-order valence-corrected chi connectivity index (χ3v) is 7.77. The molecule has 166 valence electrons. The highest BCUT2D eigenvalue weighted by Gasteiger charge is 2.39. The molecule has 8 heteroatoms. The molecule has 0 bridgehead atoms. The molecule has 1 aromatic heterocycles. The van der Waals surface area contributed by atoms with E-state index in [0.717, 1.165) is 34.0 Å². The molecule has 2 aromatic carbocycles. The van der Waals surface area contributed by atoms with Crippen LogP contribution >= 0.6 is 22.9 Å². The molecule has 2 saturated heterocycles. The molecule has 2 aliphatic heterocycles. The lowest BCUT2D eigenvalue weighted by molar-refractivity contribution is -0.136. The summed E-state index contributed by atoms with van der Waals surface area (Å²) in [5.41, 5.74) is 2.05. The number of thiazole rings is 1. The number of carbonyl (C=O) groups is 2. The van der Waals surface area contributed by atoms with E-state index in [1.807, 2.05) is 65.3 Å². The molecular formula is C24H25ClN4O2S. The summed E-state index contributed by atoms with van der Waals surface area (Å²) in [5.74, 6) is -0.104. The molecule has 0 aliphatic carbocycles. The number of piperazine rings is 1. The van der Waals surface area contributed by atoms with Crippen LogP contribution in [0.3, 0.4) is 0 Å². The average Bonchev–Trinajstić information content (AvgIpc) is 3.42. The zero-order chi connectivity index (χ0) is 22.2. The predicted molar refractivity (Wildman–Crippen MR) is 128 cm³/mol. The van der Waals surface area contributed by atoms with Gasteiger partial charge >= 0.3 is 0 Å². The normalized spacial score (nSPS) is 20.2. The molecule has 3 heterocycles. The zero-order valence-electron chi connectivity index (χ0n) is 17.9. The Bertz CT molecular complexity index is 1140. The van der Waals surface area contributed by atoms with E-state index in [0.29, 0.717) is 31.1 Å². The van der Waals surface area contributed by atoms with E-state index in [1.165, 1.54) is 0 Å². The maximum Gasteiger partial charge on any atom is 0.228 e. The SMILES string of the molecule is CC(c1ccccc1)N1CC(C(=O)N2CCN(c3nc4ccc(Cl)cc4s3)CC2)CC1=O. The number of rotatable bonds is 4. The average molecular weight is 469 g/mol. The molecule has 5 rings (SSSR count). The summed E-state index contributed by atoms with van der Waals surface area (Å²) in [7, 11) is 0. The van der Waals surface area contributed by atoms with Crippen molar-refractivity contribution < 1.29 is 9.59 Å². The van der Waals surface area contributed by atoms with Gasteiger partial charge in [-0.15, -0.1) is 0 Å². The smallest absolute Gasteiger partial charge is 0.228 e. The molecule has 2 atom stereocenters. The molecular weight excluding hydrogens is 444 g/mol. The van der Waals surface area contributed by atoms with Crippen LogP contribution in [0.15, 0.2) is 48.5 Å².